The molecule has 1 aromatic carbocycles. The molecule has 7 heteroatoms. The first-order chi connectivity index (χ1) is 9.12. The lowest BCUT2D eigenvalue weighted by Gasteiger charge is -2.13. The number of rotatable bonds is 4. The molecule has 1 aliphatic carbocycles. The summed E-state index contributed by atoms with van der Waals surface area (Å²) >= 11 is 5.87. The molecule has 0 unspecified atom stereocenters. The molecule has 0 atom stereocenters. The minimum absolute atomic E-state index is 0.130. The fourth-order valence-electron chi connectivity index (χ4n) is 1.92. The van der Waals surface area contributed by atoms with Gasteiger partial charge in [-0.05, 0) is 42.9 Å². The largest absolute Gasteiger partial charge is 0.351 e. The molecule has 110 valence electrons. The van der Waals surface area contributed by atoms with Crippen molar-refractivity contribution >= 4 is 37.2 Å². The first-order valence-corrected chi connectivity index (χ1v) is 8.84. The lowest BCUT2D eigenvalue weighted by Crippen LogP contribution is -2.29. The third-order valence-electron chi connectivity index (χ3n) is 3.61. The molecular weight excluding hydrogens is 321 g/mol. The van der Waals surface area contributed by atoms with Crippen LogP contribution in [0.2, 0.25) is 5.02 Å². The van der Waals surface area contributed by atoms with Crippen molar-refractivity contribution in [2.24, 2.45) is 5.41 Å². The second kappa shape index (κ2) is 5.20. The second-order valence-corrected chi connectivity index (χ2v) is 8.48. The van der Waals surface area contributed by atoms with Crippen LogP contribution in [0.15, 0.2) is 17.0 Å². The Hall–Kier alpha value is -0.780. The lowest BCUT2D eigenvalue weighted by atomic mass is 10.1. The normalized spacial score (nSPS) is 16.8. The van der Waals surface area contributed by atoms with Crippen molar-refractivity contribution in [3.63, 3.8) is 0 Å². The molecule has 0 aromatic heterocycles. The van der Waals surface area contributed by atoms with Gasteiger partial charge < -0.3 is 5.32 Å². The molecule has 0 spiro atoms. The van der Waals surface area contributed by atoms with Crippen molar-refractivity contribution in [3.8, 4) is 0 Å². The number of hydrogen-bond acceptors (Lipinski definition) is 3. The molecule has 0 radical (unpaired) electrons. The van der Waals surface area contributed by atoms with E-state index in [1.165, 1.54) is 12.1 Å². The van der Waals surface area contributed by atoms with Crippen LogP contribution in [0.25, 0.3) is 0 Å². The highest BCUT2D eigenvalue weighted by molar-refractivity contribution is 8.13. The van der Waals surface area contributed by atoms with Crippen LogP contribution < -0.4 is 5.32 Å². The standard InChI is InChI=1S/C13H15Cl2NO3S/c1-8-10(12(17)16-7-13(2)3-4-13)5-9(14)6-11(8)20(15,18)19/h5-6H,3-4,7H2,1-2H3,(H,16,17). The molecule has 1 N–H and O–H groups in total. The molecule has 4 nitrogen and oxygen atoms in total. The van der Waals surface area contributed by atoms with Gasteiger partial charge in [0.25, 0.3) is 15.0 Å². The summed E-state index contributed by atoms with van der Waals surface area (Å²) in [4.78, 5) is 12.0. The van der Waals surface area contributed by atoms with Gasteiger partial charge in [0, 0.05) is 27.8 Å². The number of carbonyl (C=O) groups excluding carboxylic acids is 1. The Bertz CT molecular complexity index is 666. The van der Waals surface area contributed by atoms with Gasteiger partial charge in [0.1, 0.15) is 0 Å². The van der Waals surface area contributed by atoms with E-state index in [-0.39, 0.29) is 26.8 Å². The molecule has 1 saturated carbocycles. The van der Waals surface area contributed by atoms with E-state index in [0.717, 1.165) is 12.8 Å². The highest BCUT2D eigenvalue weighted by Gasteiger charge is 2.37. The number of nitrogens with one attached hydrogen (secondary N) is 1. The molecule has 0 heterocycles. The Balaban J connectivity index is 2.31. The van der Waals surface area contributed by atoms with Crippen LogP contribution in [-0.4, -0.2) is 20.9 Å². The van der Waals surface area contributed by atoms with E-state index in [0.29, 0.717) is 12.1 Å². The van der Waals surface area contributed by atoms with Crippen LogP contribution in [0, 0.1) is 12.3 Å². The third-order valence-corrected chi connectivity index (χ3v) is 5.28. The number of benzene rings is 1. The summed E-state index contributed by atoms with van der Waals surface area (Å²) in [7, 11) is 1.42. The van der Waals surface area contributed by atoms with E-state index in [1.807, 2.05) is 0 Å². The maximum absolute atomic E-state index is 12.2. The molecule has 1 fully saturated rings. The molecule has 1 amide bonds. The fourth-order valence-corrected chi connectivity index (χ4v) is 3.43. The zero-order valence-electron chi connectivity index (χ0n) is 11.2. The van der Waals surface area contributed by atoms with E-state index in [4.69, 9.17) is 22.3 Å². The molecule has 2 rings (SSSR count). The summed E-state index contributed by atoms with van der Waals surface area (Å²) in [5.41, 5.74) is 0.715. The minimum Gasteiger partial charge on any atom is -0.351 e. The van der Waals surface area contributed by atoms with Crippen molar-refractivity contribution in [2.75, 3.05) is 6.54 Å². The van der Waals surface area contributed by atoms with Crippen molar-refractivity contribution < 1.29 is 13.2 Å². The Morgan fingerprint density at radius 1 is 1.40 bits per heavy atom. The first-order valence-electron chi connectivity index (χ1n) is 6.15. The minimum atomic E-state index is -3.94. The SMILES string of the molecule is Cc1c(C(=O)NCC2(C)CC2)cc(Cl)cc1S(=O)(=O)Cl. The first kappa shape index (κ1) is 15.6. The maximum atomic E-state index is 12.2. The van der Waals surface area contributed by atoms with Crippen LogP contribution in [0.4, 0.5) is 0 Å². The highest BCUT2D eigenvalue weighted by Crippen LogP contribution is 2.44. The average molecular weight is 336 g/mol. The van der Waals surface area contributed by atoms with E-state index in [2.05, 4.69) is 12.2 Å². The summed E-state index contributed by atoms with van der Waals surface area (Å²) in [5.74, 6) is -0.334. The molecular formula is C13H15Cl2NO3S. The molecule has 1 aromatic rings. The van der Waals surface area contributed by atoms with Gasteiger partial charge in [0.15, 0.2) is 0 Å². The summed E-state index contributed by atoms with van der Waals surface area (Å²) < 4.78 is 23.0. The summed E-state index contributed by atoms with van der Waals surface area (Å²) in [5, 5.41) is 2.98. The van der Waals surface area contributed by atoms with Gasteiger partial charge >= 0.3 is 0 Å². The fraction of sp³-hybridized carbons (Fsp3) is 0.462. The summed E-state index contributed by atoms with van der Waals surface area (Å²) in [6.07, 6.45) is 2.17. The van der Waals surface area contributed by atoms with Gasteiger partial charge in [-0.3, -0.25) is 4.79 Å². The predicted octanol–water partition coefficient (Wildman–Crippen LogP) is 3.11. The van der Waals surface area contributed by atoms with Crippen molar-refractivity contribution in [1.82, 2.24) is 5.32 Å². The van der Waals surface area contributed by atoms with Crippen LogP contribution in [0.3, 0.4) is 0 Å². The number of carbonyl (C=O) groups is 1. The molecule has 1 aliphatic rings. The summed E-state index contributed by atoms with van der Waals surface area (Å²) in [6, 6.07) is 2.70. The van der Waals surface area contributed by atoms with Gasteiger partial charge in [-0.25, -0.2) is 8.42 Å². The Kier molecular flexibility index (Phi) is 4.06. The zero-order chi connectivity index (χ0) is 15.1. The van der Waals surface area contributed by atoms with Crippen LogP contribution in [-0.2, 0) is 9.05 Å². The molecule has 0 bridgehead atoms. The van der Waals surface area contributed by atoms with Crippen molar-refractivity contribution in [2.45, 2.75) is 31.6 Å². The lowest BCUT2D eigenvalue weighted by molar-refractivity contribution is 0.0945. The van der Waals surface area contributed by atoms with E-state index < -0.39 is 9.05 Å². The van der Waals surface area contributed by atoms with Crippen molar-refractivity contribution in [3.05, 3.63) is 28.3 Å². The highest BCUT2D eigenvalue weighted by atomic mass is 35.7. The maximum Gasteiger partial charge on any atom is 0.261 e. The molecule has 0 aliphatic heterocycles. The smallest absolute Gasteiger partial charge is 0.261 e. The Morgan fingerprint density at radius 2 is 2.00 bits per heavy atom. The monoisotopic (exact) mass is 335 g/mol. The average Bonchev–Trinajstić information content (AvgIpc) is 3.06. The molecule has 0 saturated heterocycles. The summed E-state index contributed by atoms with van der Waals surface area (Å²) in [6.45, 7) is 4.20. The van der Waals surface area contributed by atoms with Gasteiger partial charge in [0.05, 0.1) is 4.90 Å². The topological polar surface area (TPSA) is 63.2 Å². The van der Waals surface area contributed by atoms with Gasteiger partial charge in [-0.2, -0.15) is 0 Å². The number of halogens is 2. The van der Waals surface area contributed by atoms with Crippen LogP contribution in [0.1, 0.15) is 35.7 Å². The van der Waals surface area contributed by atoms with Crippen LogP contribution in [0.5, 0.6) is 0 Å². The quantitative estimate of drug-likeness (QED) is 0.860. The van der Waals surface area contributed by atoms with Gasteiger partial charge in [0.2, 0.25) is 0 Å². The zero-order valence-corrected chi connectivity index (χ0v) is 13.5. The van der Waals surface area contributed by atoms with Crippen molar-refractivity contribution in [1.29, 1.82) is 0 Å². The second-order valence-electron chi connectivity index (χ2n) is 5.51. The van der Waals surface area contributed by atoms with E-state index in [9.17, 15) is 13.2 Å². The van der Waals surface area contributed by atoms with Gasteiger partial charge in [-0.1, -0.05) is 18.5 Å². The predicted molar refractivity (Wildman–Crippen MR) is 78.9 cm³/mol. The van der Waals surface area contributed by atoms with Gasteiger partial charge in [-0.15, -0.1) is 0 Å². The van der Waals surface area contributed by atoms with E-state index >= 15 is 0 Å². The van der Waals surface area contributed by atoms with E-state index in [1.54, 1.807) is 6.92 Å². The Morgan fingerprint density at radius 3 is 2.50 bits per heavy atom. The van der Waals surface area contributed by atoms with Crippen LogP contribution >= 0.6 is 22.3 Å². The number of amides is 1. The Labute approximate surface area is 127 Å². The third kappa shape index (κ3) is 3.45. The number of hydrogen-bond donors (Lipinski definition) is 1. The molecule has 20 heavy (non-hydrogen) atoms.